The van der Waals surface area contributed by atoms with E-state index in [9.17, 15) is 22.8 Å². The van der Waals surface area contributed by atoms with E-state index in [1.165, 1.54) is 0 Å². The van der Waals surface area contributed by atoms with Crippen molar-refractivity contribution in [3.8, 4) is 0 Å². The highest BCUT2D eigenvalue weighted by molar-refractivity contribution is 6.06. The molecule has 0 aliphatic heterocycles. The number of rotatable bonds is 2. The maximum atomic E-state index is 13.2. The number of amides is 1. The zero-order valence-electron chi connectivity index (χ0n) is 12.8. The molecule has 3 rings (SSSR count). The van der Waals surface area contributed by atoms with Gasteiger partial charge in [-0.2, -0.15) is 13.2 Å². The van der Waals surface area contributed by atoms with Crippen molar-refractivity contribution in [2.75, 3.05) is 0 Å². The number of para-hydroxylation sites is 1. The largest absolute Gasteiger partial charge is 0.393 e. The lowest BCUT2D eigenvalue weighted by atomic mass is 9.84. The van der Waals surface area contributed by atoms with E-state index in [0.29, 0.717) is 23.7 Å². The van der Waals surface area contributed by atoms with Gasteiger partial charge >= 0.3 is 6.18 Å². The number of pyridine rings is 1. The average Bonchev–Trinajstić information content (AvgIpc) is 2.53. The van der Waals surface area contributed by atoms with E-state index in [2.05, 4.69) is 10.3 Å². The molecule has 2 N–H and O–H groups in total. The second-order valence-electron chi connectivity index (χ2n) is 6.11. The quantitative estimate of drug-likeness (QED) is 0.882. The van der Waals surface area contributed by atoms with E-state index in [1.54, 1.807) is 24.3 Å². The first-order valence-corrected chi connectivity index (χ1v) is 7.86. The van der Waals surface area contributed by atoms with E-state index in [-0.39, 0.29) is 18.4 Å². The van der Waals surface area contributed by atoms with Gasteiger partial charge in [-0.05, 0) is 18.9 Å². The summed E-state index contributed by atoms with van der Waals surface area (Å²) in [5, 5.41) is 3.01. The van der Waals surface area contributed by atoms with Crippen molar-refractivity contribution in [2.24, 2.45) is 5.92 Å². The lowest BCUT2D eigenvalue weighted by Crippen LogP contribution is -2.47. The summed E-state index contributed by atoms with van der Waals surface area (Å²) in [7, 11) is 0. The first-order chi connectivity index (χ1) is 11.4. The molecule has 1 aliphatic rings. The lowest BCUT2D eigenvalue weighted by molar-refractivity contribution is -0.187. The number of hydrogen-bond donors (Lipinski definition) is 2. The van der Waals surface area contributed by atoms with E-state index < -0.39 is 29.6 Å². The SMILES string of the molecule is O=C(N[C@@H]1CCCC[C@H]1C(F)(F)F)c1cc(=O)[nH]c2ccccc12. The minimum absolute atomic E-state index is 0.0184. The molecular weight excluding hydrogens is 321 g/mol. The molecule has 1 aromatic heterocycles. The van der Waals surface area contributed by atoms with E-state index in [4.69, 9.17) is 0 Å². The number of alkyl halides is 3. The minimum atomic E-state index is -4.34. The predicted molar refractivity (Wildman–Crippen MR) is 83.8 cm³/mol. The molecule has 4 nitrogen and oxygen atoms in total. The Morgan fingerprint density at radius 2 is 1.88 bits per heavy atom. The summed E-state index contributed by atoms with van der Waals surface area (Å²) in [5.41, 5.74) is 0.113. The molecule has 0 bridgehead atoms. The highest BCUT2D eigenvalue weighted by Crippen LogP contribution is 2.37. The number of carbonyl (C=O) groups excluding carboxylic acids is 1. The van der Waals surface area contributed by atoms with Crippen molar-refractivity contribution in [1.29, 1.82) is 0 Å². The van der Waals surface area contributed by atoms with Gasteiger partial charge in [0.2, 0.25) is 5.56 Å². The van der Waals surface area contributed by atoms with Gasteiger partial charge < -0.3 is 10.3 Å². The van der Waals surface area contributed by atoms with E-state index >= 15 is 0 Å². The van der Waals surface area contributed by atoms with Gasteiger partial charge in [0, 0.05) is 23.0 Å². The number of benzene rings is 1. The van der Waals surface area contributed by atoms with Crippen LogP contribution in [0.2, 0.25) is 0 Å². The molecule has 1 saturated carbocycles. The first-order valence-electron chi connectivity index (χ1n) is 7.86. The Bertz CT molecular complexity index is 813. The number of hydrogen-bond acceptors (Lipinski definition) is 2. The monoisotopic (exact) mass is 338 g/mol. The third kappa shape index (κ3) is 3.29. The van der Waals surface area contributed by atoms with Crippen molar-refractivity contribution < 1.29 is 18.0 Å². The van der Waals surface area contributed by atoms with Crippen LogP contribution in [0.1, 0.15) is 36.0 Å². The number of halogens is 3. The zero-order valence-corrected chi connectivity index (χ0v) is 12.8. The average molecular weight is 338 g/mol. The maximum absolute atomic E-state index is 13.2. The van der Waals surface area contributed by atoms with Gasteiger partial charge in [0.15, 0.2) is 0 Å². The molecule has 0 saturated heterocycles. The number of H-pyrrole nitrogens is 1. The molecule has 1 fully saturated rings. The van der Waals surface area contributed by atoms with Crippen LogP contribution in [-0.2, 0) is 0 Å². The number of aromatic amines is 1. The number of fused-ring (bicyclic) bond motifs is 1. The normalized spacial score (nSPS) is 21.6. The molecule has 7 heteroatoms. The van der Waals surface area contributed by atoms with Crippen molar-refractivity contribution >= 4 is 16.8 Å². The van der Waals surface area contributed by atoms with Gasteiger partial charge in [-0.1, -0.05) is 31.0 Å². The Morgan fingerprint density at radius 1 is 1.17 bits per heavy atom. The Morgan fingerprint density at radius 3 is 2.62 bits per heavy atom. The van der Waals surface area contributed by atoms with Gasteiger partial charge in [0.25, 0.3) is 5.91 Å². The molecule has 1 amide bonds. The first kappa shape index (κ1) is 16.5. The molecule has 0 radical (unpaired) electrons. The van der Waals surface area contributed by atoms with Crippen LogP contribution in [0, 0.1) is 5.92 Å². The van der Waals surface area contributed by atoms with Gasteiger partial charge in [-0.15, -0.1) is 0 Å². The number of carbonyl (C=O) groups is 1. The number of nitrogens with one attached hydrogen (secondary N) is 2. The standard InChI is InChI=1S/C17H17F3N2O2/c18-17(19,20)12-6-2-4-8-14(12)22-16(24)11-9-15(23)21-13-7-3-1-5-10(11)13/h1,3,5,7,9,12,14H,2,4,6,8H2,(H,21,23)(H,22,24)/t12-,14-/m1/s1. The molecule has 1 aliphatic carbocycles. The smallest absolute Gasteiger partial charge is 0.349 e. The number of aromatic nitrogens is 1. The summed E-state index contributed by atoms with van der Waals surface area (Å²) in [6.07, 6.45) is -2.88. The maximum Gasteiger partial charge on any atom is 0.393 e. The minimum Gasteiger partial charge on any atom is -0.349 e. The van der Waals surface area contributed by atoms with Crippen molar-refractivity contribution in [2.45, 2.75) is 37.9 Å². The predicted octanol–water partition coefficient (Wildman–Crippen LogP) is 3.38. The molecule has 1 heterocycles. The Balaban J connectivity index is 1.91. The fourth-order valence-corrected chi connectivity index (χ4v) is 3.33. The Kier molecular flexibility index (Phi) is 4.34. The van der Waals surface area contributed by atoms with Crippen molar-refractivity contribution in [1.82, 2.24) is 10.3 Å². The summed E-state index contributed by atoms with van der Waals surface area (Å²) in [4.78, 5) is 26.8. The van der Waals surface area contributed by atoms with Crippen LogP contribution in [-0.4, -0.2) is 23.1 Å². The molecule has 1 aromatic carbocycles. The fraction of sp³-hybridized carbons (Fsp3) is 0.412. The van der Waals surface area contributed by atoms with Crippen molar-refractivity contribution in [3.05, 3.63) is 46.2 Å². The summed E-state index contributed by atoms with van der Waals surface area (Å²) in [5.74, 6) is -2.18. The molecule has 2 atom stereocenters. The van der Waals surface area contributed by atoms with Gasteiger partial charge in [-0.25, -0.2) is 0 Å². The molecule has 0 spiro atoms. The van der Waals surface area contributed by atoms with Gasteiger partial charge in [0.1, 0.15) is 0 Å². The topological polar surface area (TPSA) is 62.0 Å². The fourth-order valence-electron chi connectivity index (χ4n) is 3.33. The van der Waals surface area contributed by atoms with Crippen LogP contribution in [0.25, 0.3) is 10.9 Å². The van der Waals surface area contributed by atoms with Crippen LogP contribution in [0.4, 0.5) is 13.2 Å². The van der Waals surface area contributed by atoms with E-state index in [0.717, 1.165) is 6.07 Å². The molecule has 0 unspecified atom stereocenters. The zero-order chi connectivity index (χ0) is 17.3. The second kappa shape index (κ2) is 6.30. The molecule has 2 aromatic rings. The molecule has 24 heavy (non-hydrogen) atoms. The molecular formula is C17H17F3N2O2. The third-order valence-corrected chi connectivity index (χ3v) is 4.50. The summed E-state index contributed by atoms with van der Waals surface area (Å²) in [6.45, 7) is 0. The third-order valence-electron chi connectivity index (χ3n) is 4.50. The van der Waals surface area contributed by atoms with Gasteiger partial charge in [-0.3, -0.25) is 9.59 Å². The Hall–Kier alpha value is -2.31. The Labute approximate surface area is 136 Å². The van der Waals surface area contributed by atoms with Crippen LogP contribution >= 0.6 is 0 Å². The lowest BCUT2D eigenvalue weighted by Gasteiger charge is -2.33. The van der Waals surface area contributed by atoms with Crippen LogP contribution in [0.15, 0.2) is 35.1 Å². The summed E-state index contributed by atoms with van der Waals surface area (Å²) < 4.78 is 39.5. The summed E-state index contributed by atoms with van der Waals surface area (Å²) in [6, 6.07) is 6.89. The highest BCUT2D eigenvalue weighted by Gasteiger charge is 2.46. The van der Waals surface area contributed by atoms with Gasteiger partial charge in [0.05, 0.1) is 11.5 Å². The van der Waals surface area contributed by atoms with Crippen LogP contribution < -0.4 is 10.9 Å². The molecule has 128 valence electrons. The van der Waals surface area contributed by atoms with E-state index in [1.807, 2.05) is 0 Å². The summed E-state index contributed by atoms with van der Waals surface area (Å²) >= 11 is 0. The van der Waals surface area contributed by atoms with Crippen LogP contribution in [0.5, 0.6) is 0 Å². The highest BCUT2D eigenvalue weighted by atomic mass is 19.4. The second-order valence-corrected chi connectivity index (χ2v) is 6.11. The van der Waals surface area contributed by atoms with Crippen LogP contribution in [0.3, 0.4) is 0 Å². The van der Waals surface area contributed by atoms with Crippen molar-refractivity contribution in [3.63, 3.8) is 0 Å².